The molecule has 0 N–H and O–H groups in total. The summed E-state index contributed by atoms with van der Waals surface area (Å²) in [4.78, 5) is 30.8. The summed E-state index contributed by atoms with van der Waals surface area (Å²) in [6.07, 6.45) is 2.10. The van der Waals surface area contributed by atoms with Crippen molar-refractivity contribution in [1.29, 1.82) is 0 Å². The molecule has 1 aromatic heterocycles. The molecular weight excluding hydrogens is 254 g/mol. The average Bonchev–Trinajstić information content (AvgIpc) is 2.42. The van der Waals surface area contributed by atoms with Crippen molar-refractivity contribution < 1.29 is 18.4 Å². The molecule has 0 aliphatic rings. The zero-order chi connectivity index (χ0) is 13.8. The summed E-state index contributed by atoms with van der Waals surface area (Å²) in [7, 11) is 0. The second-order valence-corrected chi connectivity index (χ2v) is 3.72. The lowest BCUT2D eigenvalue weighted by Gasteiger charge is -2.02. The van der Waals surface area contributed by atoms with Crippen LogP contribution >= 0.6 is 0 Å². The van der Waals surface area contributed by atoms with Gasteiger partial charge in [-0.1, -0.05) is 0 Å². The van der Waals surface area contributed by atoms with Crippen molar-refractivity contribution in [3.05, 3.63) is 59.7 Å². The third kappa shape index (κ3) is 3.04. The van der Waals surface area contributed by atoms with Gasteiger partial charge in [0, 0.05) is 12.4 Å². The van der Waals surface area contributed by atoms with Gasteiger partial charge in [0.1, 0.15) is 11.6 Å². The van der Waals surface area contributed by atoms with Crippen LogP contribution in [0.5, 0.6) is 0 Å². The highest BCUT2D eigenvalue weighted by molar-refractivity contribution is 6.12. The lowest BCUT2D eigenvalue weighted by atomic mass is 10.0. The molecule has 0 radical (unpaired) electrons. The first-order chi connectivity index (χ1) is 9.08. The van der Waals surface area contributed by atoms with Crippen LogP contribution in [0.1, 0.15) is 27.4 Å². The summed E-state index contributed by atoms with van der Waals surface area (Å²) in [6, 6.07) is 4.02. The van der Waals surface area contributed by atoms with Crippen LogP contribution in [0.15, 0.2) is 36.7 Å². The summed E-state index contributed by atoms with van der Waals surface area (Å²) >= 11 is 0. The van der Waals surface area contributed by atoms with Gasteiger partial charge in [0.2, 0.25) is 5.78 Å². The van der Waals surface area contributed by atoms with E-state index in [0.717, 1.165) is 18.2 Å². The van der Waals surface area contributed by atoms with Crippen molar-refractivity contribution in [2.45, 2.75) is 6.42 Å². The molecule has 0 spiro atoms. The van der Waals surface area contributed by atoms with Crippen molar-refractivity contribution in [3.8, 4) is 0 Å². The maximum atomic E-state index is 13.3. The molecule has 96 valence electrons. The first-order valence-electron chi connectivity index (χ1n) is 5.36. The SMILES string of the molecule is O=C(CC(=O)c1cc(F)ccc1F)c1ncccn1. The summed E-state index contributed by atoms with van der Waals surface area (Å²) in [5.74, 6) is -3.20. The van der Waals surface area contributed by atoms with E-state index in [1.807, 2.05) is 0 Å². The molecule has 0 aliphatic carbocycles. The van der Waals surface area contributed by atoms with E-state index >= 15 is 0 Å². The fourth-order valence-corrected chi connectivity index (χ4v) is 1.47. The molecule has 4 nitrogen and oxygen atoms in total. The number of carbonyl (C=O) groups is 2. The van der Waals surface area contributed by atoms with Crippen molar-refractivity contribution in [3.63, 3.8) is 0 Å². The summed E-state index contributed by atoms with van der Waals surface area (Å²) < 4.78 is 26.3. The minimum absolute atomic E-state index is 0.132. The monoisotopic (exact) mass is 262 g/mol. The molecule has 6 heteroatoms. The Morgan fingerprint density at radius 3 is 2.42 bits per heavy atom. The summed E-state index contributed by atoms with van der Waals surface area (Å²) in [6.45, 7) is 0. The van der Waals surface area contributed by atoms with Crippen LogP contribution in [-0.4, -0.2) is 21.5 Å². The van der Waals surface area contributed by atoms with Crippen LogP contribution < -0.4 is 0 Å². The Hall–Kier alpha value is -2.50. The lowest BCUT2D eigenvalue weighted by Crippen LogP contribution is -2.12. The van der Waals surface area contributed by atoms with Gasteiger partial charge in [-0.05, 0) is 24.3 Å². The van der Waals surface area contributed by atoms with Gasteiger partial charge in [-0.3, -0.25) is 9.59 Å². The molecule has 1 aromatic carbocycles. The Bertz CT molecular complexity index is 630. The molecule has 19 heavy (non-hydrogen) atoms. The molecule has 2 rings (SSSR count). The summed E-state index contributed by atoms with van der Waals surface area (Å²) in [5.41, 5.74) is -0.454. The molecular formula is C13H8F2N2O2. The van der Waals surface area contributed by atoms with E-state index < -0.39 is 35.2 Å². The highest BCUT2D eigenvalue weighted by Crippen LogP contribution is 2.13. The Morgan fingerprint density at radius 1 is 1.05 bits per heavy atom. The van der Waals surface area contributed by atoms with Gasteiger partial charge in [-0.25, -0.2) is 18.7 Å². The number of hydrogen-bond donors (Lipinski definition) is 0. The van der Waals surface area contributed by atoms with Crippen molar-refractivity contribution in [1.82, 2.24) is 9.97 Å². The molecule has 0 saturated carbocycles. The van der Waals surface area contributed by atoms with Crippen molar-refractivity contribution in [2.75, 3.05) is 0 Å². The first kappa shape index (κ1) is 12.9. The number of aromatic nitrogens is 2. The fraction of sp³-hybridized carbons (Fsp3) is 0.0769. The van der Waals surface area contributed by atoms with Crippen molar-refractivity contribution in [2.24, 2.45) is 0 Å². The van der Waals surface area contributed by atoms with Crippen LogP contribution in [0.3, 0.4) is 0 Å². The Morgan fingerprint density at radius 2 is 1.74 bits per heavy atom. The van der Waals surface area contributed by atoms with E-state index in [1.54, 1.807) is 0 Å². The van der Waals surface area contributed by atoms with Gasteiger partial charge in [0.05, 0.1) is 12.0 Å². The molecule has 1 heterocycles. The van der Waals surface area contributed by atoms with Crippen LogP contribution in [-0.2, 0) is 0 Å². The van der Waals surface area contributed by atoms with E-state index in [1.165, 1.54) is 18.5 Å². The highest BCUT2D eigenvalue weighted by Gasteiger charge is 2.18. The fourth-order valence-electron chi connectivity index (χ4n) is 1.47. The largest absolute Gasteiger partial charge is 0.294 e. The Balaban J connectivity index is 2.18. The zero-order valence-electron chi connectivity index (χ0n) is 9.64. The molecule has 2 aromatic rings. The third-order valence-corrected chi connectivity index (χ3v) is 2.37. The van der Waals surface area contributed by atoms with E-state index in [0.29, 0.717) is 0 Å². The maximum absolute atomic E-state index is 13.3. The standard InChI is InChI=1S/C13H8F2N2O2/c14-8-2-3-10(15)9(6-8)11(18)7-12(19)13-16-4-1-5-17-13/h1-6H,7H2. The minimum atomic E-state index is -0.867. The highest BCUT2D eigenvalue weighted by atomic mass is 19.1. The van der Waals surface area contributed by atoms with Gasteiger partial charge >= 0.3 is 0 Å². The number of hydrogen-bond acceptors (Lipinski definition) is 4. The molecule has 0 bridgehead atoms. The molecule has 0 amide bonds. The lowest BCUT2D eigenvalue weighted by molar-refractivity contribution is 0.0886. The molecule has 0 unspecified atom stereocenters. The van der Waals surface area contributed by atoms with Crippen LogP contribution in [0.4, 0.5) is 8.78 Å². The van der Waals surface area contributed by atoms with E-state index in [2.05, 4.69) is 9.97 Å². The molecule has 0 fully saturated rings. The van der Waals surface area contributed by atoms with Crippen molar-refractivity contribution >= 4 is 11.6 Å². The predicted octanol–water partition coefficient (Wildman–Crippen LogP) is 2.21. The van der Waals surface area contributed by atoms with E-state index in [9.17, 15) is 18.4 Å². The normalized spacial score (nSPS) is 10.2. The molecule has 0 aliphatic heterocycles. The summed E-state index contributed by atoms with van der Waals surface area (Å²) in [5, 5.41) is 0. The number of carbonyl (C=O) groups excluding carboxylic acids is 2. The third-order valence-electron chi connectivity index (χ3n) is 2.37. The minimum Gasteiger partial charge on any atom is -0.294 e. The van der Waals surface area contributed by atoms with Gasteiger partial charge < -0.3 is 0 Å². The van der Waals surface area contributed by atoms with Gasteiger partial charge in [0.25, 0.3) is 0 Å². The predicted molar refractivity (Wildman–Crippen MR) is 61.7 cm³/mol. The Kier molecular flexibility index (Phi) is 3.70. The maximum Gasteiger partial charge on any atom is 0.207 e. The Labute approximate surface area is 107 Å². The zero-order valence-corrected chi connectivity index (χ0v) is 9.64. The average molecular weight is 262 g/mol. The quantitative estimate of drug-likeness (QED) is 0.626. The number of nitrogens with zero attached hydrogens (tertiary/aromatic N) is 2. The van der Waals surface area contributed by atoms with E-state index in [4.69, 9.17) is 0 Å². The number of benzene rings is 1. The number of Topliss-reactive ketones (excluding diaryl/α,β-unsaturated/α-hetero) is 2. The second kappa shape index (κ2) is 5.43. The molecule has 0 atom stereocenters. The van der Waals surface area contributed by atoms with Gasteiger partial charge in [-0.15, -0.1) is 0 Å². The van der Waals surface area contributed by atoms with Gasteiger partial charge in [-0.2, -0.15) is 0 Å². The van der Waals surface area contributed by atoms with Crippen LogP contribution in [0, 0.1) is 11.6 Å². The van der Waals surface area contributed by atoms with Crippen LogP contribution in [0.25, 0.3) is 0 Å². The smallest absolute Gasteiger partial charge is 0.207 e. The number of rotatable bonds is 4. The van der Waals surface area contributed by atoms with E-state index in [-0.39, 0.29) is 5.82 Å². The topological polar surface area (TPSA) is 59.9 Å². The second-order valence-electron chi connectivity index (χ2n) is 3.72. The number of halogens is 2. The number of ketones is 2. The van der Waals surface area contributed by atoms with Crippen LogP contribution in [0.2, 0.25) is 0 Å². The first-order valence-corrected chi connectivity index (χ1v) is 5.36. The molecule has 0 saturated heterocycles. The van der Waals surface area contributed by atoms with Gasteiger partial charge in [0.15, 0.2) is 11.6 Å².